The molecule has 11 rings (SSSR count). The Kier molecular flexibility index (Phi) is 6.86. The van der Waals surface area contributed by atoms with Crippen LogP contribution in [-0.4, -0.2) is 15.0 Å². The van der Waals surface area contributed by atoms with Gasteiger partial charge in [-0.25, -0.2) is 15.0 Å². The summed E-state index contributed by atoms with van der Waals surface area (Å²) in [5, 5.41) is 10.6. The lowest BCUT2D eigenvalue weighted by molar-refractivity contribution is 1.37. The predicted molar refractivity (Wildman–Crippen MR) is 227 cm³/mol. The van der Waals surface area contributed by atoms with Crippen molar-refractivity contribution in [3.63, 3.8) is 0 Å². The first kappa shape index (κ1) is 30.4. The van der Waals surface area contributed by atoms with E-state index in [-0.39, 0.29) is 0 Å². The first-order valence-electron chi connectivity index (χ1n) is 18.3. The summed E-state index contributed by atoms with van der Waals surface area (Å²) in [6.45, 7) is 0. The number of rotatable bonds is 4. The number of hydrogen-bond donors (Lipinski definition) is 0. The fourth-order valence-electron chi connectivity index (χ4n) is 8.07. The van der Waals surface area contributed by atoms with Crippen molar-refractivity contribution in [2.75, 3.05) is 0 Å². The molecule has 0 saturated heterocycles. The molecule has 0 aliphatic carbocycles. The van der Waals surface area contributed by atoms with Gasteiger partial charge < -0.3 is 0 Å². The minimum absolute atomic E-state index is 0.917. The van der Waals surface area contributed by atoms with Crippen LogP contribution in [0.15, 0.2) is 188 Å². The zero-order chi connectivity index (χ0) is 35.6. The average molecular weight is 686 g/mol. The van der Waals surface area contributed by atoms with Crippen LogP contribution in [0.5, 0.6) is 0 Å². The maximum absolute atomic E-state index is 5.25. The molecule has 0 unspecified atom stereocenters. The van der Waals surface area contributed by atoms with Crippen LogP contribution >= 0.6 is 0 Å². The molecule has 3 heterocycles. The van der Waals surface area contributed by atoms with E-state index >= 15 is 0 Å². The van der Waals surface area contributed by atoms with Crippen molar-refractivity contribution in [1.29, 1.82) is 0 Å². The molecule has 0 amide bonds. The van der Waals surface area contributed by atoms with Crippen LogP contribution in [0.2, 0.25) is 0 Å². The predicted octanol–water partition coefficient (Wildman–Crippen LogP) is 13.5. The van der Waals surface area contributed by atoms with E-state index in [1.807, 2.05) is 18.2 Å². The summed E-state index contributed by atoms with van der Waals surface area (Å²) in [5.74, 6) is 0. The maximum Gasteiger partial charge on any atom is 0.0972 e. The maximum atomic E-state index is 5.25. The van der Waals surface area contributed by atoms with Gasteiger partial charge in [0.2, 0.25) is 0 Å². The zero-order valence-corrected chi connectivity index (χ0v) is 29.2. The van der Waals surface area contributed by atoms with E-state index in [0.717, 1.165) is 66.7 Å². The first-order valence-corrected chi connectivity index (χ1v) is 18.3. The number of benzene rings is 8. The van der Waals surface area contributed by atoms with Gasteiger partial charge in [0.05, 0.1) is 33.6 Å². The highest BCUT2D eigenvalue weighted by Gasteiger charge is 2.14. The molecule has 0 bridgehead atoms. The topological polar surface area (TPSA) is 38.7 Å². The summed E-state index contributed by atoms with van der Waals surface area (Å²) in [6.07, 6.45) is 0. The van der Waals surface area contributed by atoms with Crippen LogP contribution in [0.4, 0.5) is 0 Å². The second-order valence-corrected chi connectivity index (χ2v) is 14.0. The number of nitrogens with zero attached hydrogens (tertiary/aromatic N) is 3. The standard InChI is InChI=1S/C51H31N3/c1-2-10-33(11-3-1)45-27-24-34-17-18-35-25-28-46(53-51(35)50(34)52-45)40-22-21-38-29-37(19-20-39(38)30-40)36-12-8-13-41(31-36)49-44-26-23-32-9-4-5-14-42(32)48(44)43-15-6-7-16-47(43)54-49/h1-31H. The van der Waals surface area contributed by atoms with E-state index in [2.05, 4.69) is 170 Å². The number of para-hydroxylation sites is 1. The van der Waals surface area contributed by atoms with Gasteiger partial charge in [0.15, 0.2) is 0 Å². The van der Waals surface area contributed by atoms with Gasteiger partial charge in [-0.05, 0) is 69.1 Å². The normalized spacial score (nSPS) is 11.7. The second-order valence-electron chi connectivity index (χ2n) is 14.0. The molecule has 11 aromatic rings. The summed E-state index contributed by atoms with van der Waals surface area (Å²) in [4.78, 5) is 15.6. The van der Waals surface area contributed by atoms with Gasteiger partial charge >= 0.3 is 0 Å². The lowest BCUT2D eigenvalue weighted by atomic mass is 9.93. The van der Waals surface area contributed by atoms with E-state index in [1.54, 1.807) is 0 Å². The third-order valence-corrected chi connectivity index (χ3v) is 10.8. The highest BCUT2D eigenvalue weighted by Crippen LogP contribution is 2.38. The van der Waals surface area contributed by atoms with Gasteiger partial charge in [0.1, 0.15) is 0 Å². The number of aromatic nitrogens is 3. The molecular formula is C51H31N3. The minimum Gasteiger partial charge on any atom is -0.247 e. The number of fused-ring (bicyclic) bond motifs is 9. The summed E-state index contributed by atoms with van der Waals surface area (Å²) >= 11 is 0. The molecule has 0 spiro atoms. The smallest absolute Gasteiger partial charge is 0.0972 e. The summed E-state index contributed by atoms with van der Waals surface area (Å²) in [6, 6.07) is 66.8. The van der Waals surface area contributed by atoms with Crippen LogP contribution in [-0.2, 0) is 0 Å². The lowest BCUT2D eigenvalue weighted by Gasteiger charge is -2.13. The van der Waals surface area contributed by atoms with E-state index in [4.69, 9.17) is 15.0 Å². The fourth-order valence-corrected chi connectivity index (χ4v) is 8.07. The molecular weight excluding hydrogens is 655 g/mol. The molecule has 0 saturated carbocycles. The highest BCUT2D eigenvalue weighted by molar-refractivity contribution is 6.22. The molecule has 0 radical (unpaired) electrons. The molecule has 0 fully saturated rings. The Balaban J connectivity index is 0.976. The molecule has 3 heteroatoms. The van der Waals surface area contributed by atoms with Gasteiger partial charge in [0, 0.05) is 43.6 Å². The Labute approximate surface area is 311 Å². The molecule has 250 valence electrons. The number of hydrogen-bond acceptors (Lipinski definition) is 3. The SMILES string of the molecule is c1ccc(-c2ccc3ccc4ccc(-c5ccc6cc(-c7cccc(-c8nc9ccccc9c9c8ccc8ccccc89)c7)ccc6c5)nc4c3n2)cc1. The Bertz CT molecular complexity index is 3260. The van der Waals surface area contributed by atoms with Crippen molar-refractivity contribution in [3.05, 3.63) is 188 Å². The van der Waals surface area contributed by atoms with Gasteiger partial charge in [-0.3, -0.25) is 0 Å². The first-order chi connectivity index (χ1) is 26.7. The summed E-state index contributed by atoms with van der Waals surface area (Å²) < 4.78 is 0. The molecule has 3 nitrogen and oxygen atoms in total. The highest BCUT2D eigenvalue weighted by atomic mass is 14.8. The van der Waals surface area contributed by atoms with E-state index in [1.165, 1.54) is 43.3 Å². The van der Waals surface area contributed by atoms with Crippen molar-refractivity contribution < 1.29 is 0 Å². The molecule has 3 aromatic heterocycles. The van der Waals surface area contributed by atoms with Crippen LogP contribution in [0, 0.1) is 0 Å². The van der Waals surface area contributed by atoms with Crippen molar-refractivity contribution in [2.45, 2.75) is 0 Å². The Morgan fingerprint density at radius 1 is 0.278 bits per heavy atom. The molecule has 0 aliphatic rings. The lowest BCUT2D eigenvalue weighted by Crippen LogP contribution is -1.91. The van der Waals surface area contributed by atoms with Crippen LogP contribution < -0.4 is 0 Å². The van der Waals surface area contributed by atoms with Gasteiger partial charge in [-0.1, -0.05) is 152 Å². The van der Waals surface area contributed by atoms with Crippen LogP contribution in [0.25, 0.3) is 110 Å². The zero-order valence-electron chi connectivity index (χ0n) is 29.2. The molecule has 0 N–H and O–H groups in total. The summed E-state index contributed by atoms with van der Waals surface area (Å²) in [7, 11) is 0. The molecule has 0 aliphatic heterocycles. The summed E-state index contributed by atoms with van der Waals surface area (Å²) in [5.41, 5.74) is 11.3. The largest absolute Gasteiger partial charge is 0.247 e. The van der Waals surface area contributed by atoms with Gasteiger partial charge in [0.25, 0.3) is 0 Å². The van der Waals surface area contributed by atoms with Crippen molar-refractivity contribution in [3.8, 4) is 44.9 Å². The van der Waals surface area contributed by atoms with Gasteiger partial charge in [-0.15, -0.1) is 0 Å². The van der Waals surface area contributed by atoms with Crippen molar-refractivity contribution in [1.82, 2.24) is 15.0 Å². The Morgan fingerprint density at radius 2 is 0.833 bits per heavy atom. The third-order valence-electron chi connectivity index (χ3n) is 10.8. The van der Waals surface area contributed by atoms with Crippen LogP contribution in [0.3, 0.4) is 0 Å². The third kappa shape index (κ3) is 5.02. The monoisotopic (exact) mass is 685 g/mol. The second kappa shape index (κ2) is 12.2. The Hall–Kier alpha value is -7.23. The average Bonchev–Trinajstić information content (AvgIpc) is 3.25. The Morgan fingerprint density at radius 3 is 1.63 bits per heavy atom. The van der Waals surface area contributed by atoms with Crippen molar-refractivity contribution in [2.24, 2.45) is 0 Å². The molecule has 54 heavy (non-hydrogen) atoms. The molecule has 8 aromatic carbocycles. The number of pyridine rings is 3. The van der Waals surface area contributed by atoms with E-state index in [0.29, 0.717) is 0 Å². The minimum atomic E-state index is 0.917. The molecule has 0 atom stereocenters. The fraction of sp³-hybridized carbons (Fsp3) is 0. The van der Waals surface area contributed by atoms with Crippen molar-refractivity contribution >= 4 is 65.0 Å². The van der Waals surface area contributed by atoms with E-state index < -0.39 is 0 Å². The van der Waals surface area contributed by atoms with Gasteiger partial charge in [-0.2, -0.15) is 0 Å². The quantitative estimate of drug-likeness (QED) is 0.173. The van der Waals surface area contributed by atoms with E-state index in [9.17, 15) is 0 Å². The van der Waals surface area contributed by atoms with Crippen LogP contribution in [0.1, 0.15) is 0 Å².